The van der Waals surface area contributed by atoms with Gasteiger partial charge < -0.3 is 10.5 Å². The minimum absolute atomic E-state index is 0.0621. The Balaban J connectivity index is 2.36. The maximum Gasteiger partial charge on any atom is 0.416 e. The van der Waals surface area contributed by atoms with Crippen LogP contribution in [0.25, 0.3) is 0 Å². The first kappa shape index (κ1) is 15.2. The Kier molecular flexibility index (Phi) is 4.13. The fourth-order valence-electron chi connectivity index (χ4n) is 1.77. The van der Waals surface area contributed by atoms with E-state index in [1.807, 2.05) is 0 Å². The van der Waals surface area contributed by atoms with Crippen molar-refractivity contribution in [2.45, 2.75) is 12.7 Å². The van der Waals surface area contributed by atoms with Gasteiger partial charge in [-0.2, -0.15) is 17.6 Å². The molecule has 0 aliphatic carbocycles. The third-order valence-electron chi connectivity index (χ3n) is 2.75. The monoisotopic (exact) mass is 303 g/mol. The average Bonchev–Trinajstić information content (AvgIpc) is 2.42. The lowest BCUT2D eigenvalue weighted by Crippen LogP contribution is -2.11. The lowest BCUT2D eigenvalue weighted by molar-refractivity contribution is -0.138. The van der Waals surface area contributed by atoms with E-state index < -0.39 is 29.1 Å². The van der Waals surface area contributed by atoms with Crippen LogP contribution in [0.4, 0.5) is 22.0 Å². The Labute approximate surface area is 116 Å². The SMILES string of the molecule is NCc1cc(Oc2cccc(F)c2F)ccc1C(F)(F)F. The van der Waals surface area contributed by atoms with Crippen LogP contribution in [0.15, 0.2) is 36.4 Å². The van der Waals surface area contributed by atoms with Crippen LogP contribution in [0.3, 0.4) is 0 Å². The molecule has 0 atom stereocenters. The molecule has 2 rings (SSSR count). The number of alkyl halides is 3. The molecule has 2 nitrogen and oxygen atoms in total. The standard InChI is InChI=1S/C14H10F5NO/c15-11-2-1-3-12(13(11)16)21-9-4-5-10(14(17,18)19)8(6-9)7-20/h1-6H,7,20H2. The molecule has 0 bridgehead atoms. The minimum Gasteiger partial charge on any atom is -0.454 e. The highest BCUT2D eigenvalue weighted by Crippen LogP contribution is 2.35. The number of halogens is 5. The molecule has 21 heavy (non-hydrogen) atoms. The summed E-state index contributed by atoms with van der Waals surface area (Å²) >= 11 is 0. The zero-order valence-corrected chi connectivity index (χ0v) is 10.5. The van der Waals surface area contributed by atoms with Crippen LogP contribution in [0.2, 0.25) is 0 Å². The van der Waals surface area contributed by atoms with Gasteiger partial charge in [0.2, 0.25) is 5.82 Å². The van der Waals surface area contributed by atoms with Gasteiger partial charge in [-0.05, 0) is 35.9 Å². The molecule has 0 aromatic heterocycles. The van der Waals surface area contributed by atoms with Gasteiger partial charge in [-0.25, -0.2) is 4.39 Å². The Morgan fingerprint density at radius 1 is 1.05 bits per heavy atom. The molecule has 0 spiro atoms. The average molecular weight is 303 g/mol. The quantitative estimate of drug-likeness (QED) is 0.861. The summed E-state index contributed by atoms with van der Waals surface area (Å²) in [7, 11) is 0. The molecule has 0 radical (unpaired) electrons. The van der Waals surface area contributed by atoms with E-state index in [0.717, 1.165) is 30.3 Å². The fraction of sp³-hybridized carbons (Fsp3) is 0.143. The third kappa shape index (κ3) is 3.30. The number of hydrogen-bond donors (Lipinski definition) is 1. The molecule has 7 heteroatoms. The van der Waals surface area contributed by atoms with Crippen LogP contribution in [-0.4, -0.2) is 0 Å². The molecular weight excluding hydrogens is 293 g/mol. The van der Waals surface area contributed by atoms with Gasteiger partial charge in [0.05, 0.1) is 5.56 Å². The summed E-state index contributed by atoms with van der Waals surface area (Å²) < 4.78 is 69.6. The zero-order chi connectivity index (χ0) is 15.6. The summed E-state index contributed by atoms with van der Waals surface area (Å²) in [6.07, 6.45) is -4.54. The van der Waals surface area contributed by atoms with E-state index in [-0.39, 0.29) is 17.9 Å². The van der Waals surface area contributed by atoms with Crippen LogP contribution >= 0.6 is 0 Å². The van der Waals surface area contributed by atoms with Gasteiger partial charge >= 0.3 is 6.18 Å². The van der Waals surface area contributed by atoms with Crippen LogP contribution in [-0.2, 0) is 12.7 Å². The Bertz CT molecular complexity index is 654. The molecular formula is C14H10F5NO. The molecule has 2 N–H and O–H groups in total. The van der Waals surface area contributed by atoms with Crippen molar-refractivity contribution in [3.05, 3.63) is 59.2 Å². The van der Waals surface area contributed by atoms with E-state index in [1.165, 1.54) is 6.07 Å². The number of ether oxygens (including phenoxy) is 1. The Morgan fingerprint density at radius 3 is 2.38 bits per heavy atom. The second-order valence-electron chi connectivity index (χ2n) is 4.17. The normalized spacial score (nSPS) is 11.5. The van der Waals surface area contributed by atoms with Gasteiger partial charge in [0.25, 0.3) is 0 Å². The maximum atomic E-state index is 13.4. The third-order valence-corrected chi connectivity index (χ3v) is 2.75. The number of benzene rings is 2. The van der Waals surface area contributed by atoms with Gasteiger partial charge in [0.1, 0.15) is 5.75 Å². The van der Waals surface area contributed by atoms with Crippen molar-refractivity contribution in [3.63, 3.8) is 0 Å². The van der Waals surface area contributed by atoms with Crippen LogP contribution in [0.1, 0.15) is 11.1 Å². The first-order valence-corrected chi connectivity index (χ1v) is 5.85. The highest BCUT2D eigenvalue weighted by Gasteiger charge is 2.33. The summed E-state index contributed by atoms with van der Waals surface area (Å²) in [6.45, 7) is -0.363. The molecule has 0 amide bonds. The van der Waals surface area contributed by atoms with Gasteiger partial charge in [0.15, 0.2) is 11.6 Å². The summed E-state index contributed by atoms with van der Waals surface area (Å²) in [5, 5.41) is 0. The van der Waals surface area contributed by atoms with Crippen molar-refractivity contribution < 1.29 is 26.7 Å². The van der Waals surface area contributed by atoms with E-state index in [4.69, 9.17) is 10.5 Å². The van der Waals surface area contributed by atoms with Crippen molar-refractivity contribution in [1.82, 2.24) is 0 Å². The molecule has 0 unspecified atom stereocenters. The number of hydrogen-bond acceptors (Lipinski definition) is 2. The molecule has 0 aliphatic heterocycles. The van der Waals surface area contributed by atoms with E-state index >= 15 is 0 Å². The first-order valence-electron chi connectivity index (χ1n) is 5.85. The van der Waals surface area contributed by atoms with Crippen molar-refractivity contribution >= 4 is 0 Å². The molecule has 0 fully saturated rings. The topological polar surface area (TPSA) is 35.2 Å². The van der Waals surface area contributed by atoms with Crippen LogP contribution in [0, 0.1) is 11.6 Å². The molecule has 2 aromatic carbocycles. The Hall–Kier alpha value is -2.15. The summed E-state index contributed by atoms with van der Waals surface area (Å²) in [6, 6.07) is 6.15. The predicted molar refractivity (Wildman–Crippen MR) is 65.8 cm³/mol. The van der Waals surface area contributed by atoms with E-state index in [0.29, 0.717) is 0 Å². The lowest BCUT2D eigenvalue weighted by atomic mass is 10.1. The van der Waals surface area contributed by atoms with E-state index in [9.17, 15) is 22.0 Å². The van der Waals surface area contributed by atoms with Crippen molar-refractivity contribution in [2.75, 3.05) is 0 Å². The highest BCUT2D eigenvalue weighted by molar-refractivity contribution is 5.40. The molecule has 0 saturated carbocycles. The summed E-state index contributed by atoms with van der Waals surface area (Å²) in [4.78, 5) is 0. The lowest BCUT2D eigenvalue weighted by Gasteiger charge is -2.14. The number of nitrogens with two attached hydrogens (primary N) is 1. The van der Waals surface area contributed by atoms with Gasteiger partial charge in [-0.1, -0.05) is 6.07 Å². The summed E-state index contributed by atoms with van der Waals surface area (Å²) in [5.74, 6) is -2.81. The maximum absolute atomic E-state index is 13.4. The number of rotatable bonds is 3. The molecule has 0 saturated heterocycles. The van der Waals surface area contributed by atoms with Gasteiger partial charge in [-0.15, -0.1) is 0 Å². The first-order chi connectivity index (χ1) is 9.82. The second-order valence-corrected chi connectivity index (χ2v) is 4.17. The largest absolute Gasteiger partial charge is 0.454 e. The van der Waals surface area contributed by atoms with Gasteiger partial charge in [0, 0.05) is 6.54 Å². The minimum atomic E-state index is -4.54. The van der Waals surface area contributed by atoms with Gasteiger partial charge in [-0.3, -0.25) is 0 Å². The second kappa shape index (κ2) is 5.69. The highest BCUT2D eigenvalue weighted by atomic mass is 19.4. The van der Waals surface area contributed by atoms with E-state index in [1.54, 1.807) is 0 Å². The molecule has 0 heterocycles. The molecule has 2 aromatic rings. The Morgan fingerprint density at radius 2 is 1.76 bits per heavy atom. The zero-order valence-electron chi connectivity index (χ0n) is 10.5. The van der Waals surface area contributed by atoms with Crippen molar-refractivity contribution in [1.29, 1.82) is 0 Å². The predicted octanol–water partition coefficient (Wildman–Crippen LogP) is 4.23. The fourth-order valence-corrected chi connectivity index (χ4v) is 1.77. The smallest absolute Gasteiger partial charge is 0.416 e. The summed E-state index contributed by atoms with van der Waals surface area (Å²) in [5.41, 5.74) is 4.18. The van der Waals surface area contributed by atoms with Crippen molar-refractivity contribution in [2.24, 2.45) is 5.73 Å². The van der Waals surface area contributed by atoms with Crippen LogP contribution < -0.4 is 10.5 Å². The van der Waals surface area contributed by atoms with E-state index in [2.05, 4.69) is 0 Å². The van der Waals surface area contributed by atoms with Crippen LogP contribution in [0.5, 0.6) is 11.5 Å². The van der Waals surface area contributed by atoms with Crippen molar-refractivity contribution in [3.8, 4) is 11.5 Å². The molecule has 0 aliphatic rings. The molecule has 112 valence electrons.